The lowest BCUT2D eigenvalue weighted by Gasteiger charge is -2.26. The zero-order valence-electron chi connectivity index (χ0n) is 20.4. The van der Waals surface area contributed by atoms with Gasteiger partial charge in [0.05, 0.1) is 0 Å². The highest BCUT2D eigenvalue weighted by atomic mass is 16.6. The molecule has 0 bridgehead atoms. The first-order valence-electron chi connectivity index (χ1n) is 12.3. The zero-order chi connectivity index (χ0) is 26.2. The van der Waals surface area contributed by atoms with Gasteiger partial charge in [0, 0.05) is 5.92 Å². The van der Waals surface area contributed by atoms with Crippen molar-refractivity contribution in [3.8, 4) is 11.1 Å². The second-order valence-corrected chi connectivity index (χ2v) is 8.85. The number of nitrogens with two attached hydrogens (primary N) is 1. The molecule has 37 heavy (non-hydrogen) atoms. The van der Waals surface area contributed by atoms with Crippen LogP contribution in [0.1, 0.15) is 41.9 Å². The number of carboxylic acid groups (broad SMARTS) is 1. The number of benzene rings is 3. The summed E-state index contributed by atoms with van der Waals surface area (Å²) in [6.45, 7) is 0.210. The first kappa shape index (κ1) is 25.9. The van der Waals surface area contributed by atoms with Crippen molar-refractivity contribution in [2.75, 3.05) is 13.2 Å². The molecule has 8 nitrogen and oxygen atoms in total. The van der Waals surface area contributed by atoms with Crippen molar-refractivity contribution in [1.82, 2.24) is 4.90 Å². The van der Waals surface area contributed by atoms with Crippen molar-refractivity contribution in [3.63, 3.8) is 0 Å². The number of carbonyl (C=O) groups is 3. The molecule has 0 saturated heterocycles. The fourth-order valence-corrected chi connectivity index (χ4v) is 4.63. The van der Waals surface area contributed by atoms with Crippen LogP contribution in [0.15, 0.2) is 78.9 Å². The number of imide groups is 1. The molecule has 3 aromatic rings. The van der Waals surface area contributed by atoms with Gasteiger partial charge in [0.15, 0.2) is 0 Å². The third-order valence-electron chi connectivity index (χ3n) is 6.46. The molecular weight excluding hydrogens is 472 g/mol. The van der Waals surface area contributed by atoms with Crippen LogP contribution in [0.25, 0.3) is 11.1 Å². The molecule has 0 spiro atoms. The van der Waals surface area contributed by atoms with Gasteiger partial charge >= 0.3 is 18.2 Å². The van der Waals surface area contributed by atoms with Crippen molar-refractivity contribution in [2.24, 2.45) is 5.73 Å². The Morgan fingerprint density at radius 2 is 1.38 bits per heavy atom. The Morgan fingerprint density at radius 3 is 1.97 bits per heavy atom. The maximum absolute atomic E-state index is 13.3. The molecule has 4 rings (SSSR count). The molecule has 1 aliphatic carbocycles. The molecule has 0 radical (unpaired) electrons. The van der Waals surface area contributed by atoms with E-state index in [2.05, 4.69) is 0 Å². The second-order valence-electron chi connectivity index (χ2n) is 8.85. The molecule has 0 aliphatic heterocycles. The first-order valence-corrected chi connectivity index (χ1v) is 12.3. The van der Waals surface area contributed by atoms with Crippen LogP contribution in [0.5, 0.6) is 0 Å². The summed E-state index contributed by atoms with van der Waals surface area (Å²) < 4.78 is 10.9. The largest absolute Gasteiger partial charge is 0.480 e. The van der Waals surface area contributed by atoms with Crippen LogP contribution in [0.3, 0.4) is 0 Å². The average Bonchev–Trinajstić information content (AvgIpc) is 3.24. The molecule has 1 unspecified atom stereocenters. The topological polar surface area (TPSA) is 119 Å². The summed E-state index contributed by atoms with van der Waals surface area (Å²) in [4.78, 5) is 39.0. The molecule has 0 heterocycles. The van der Waals surface area contributed by atoms with E-state index < -0.39 is 24.2 Å². The summed E-state index contributed by atoms with van der Waals surface area (Å²) in [5.41, 5.74) is 10.4. The van der Waals surface area contributed by atoms with Crippen LogP contribution in [0.4, 0.5) is 9.59 Å². The van der Waals surface area contributed by atoms with Crippen molar-refractivity contribution >= 4 is 18.2 Å². The molecule has 3 N–H and O–H groups in total. The third-order valence-corrected chi connectivity index (χ3v) is 6.46. The maximum atomic E-state index is 13.3. The number of unbranched alkanes of at least 4 members (excludes halogenated alkanes) is 1. The lowest BCUT2D eigenvalue weighted by Crippen LogP contribution is -2.49. The third kappa shape index (κ3) is 5.98. The van der Waals surface area contributed by atoms with Gasteiger partial charge in [-0.3, -0.25) is 0 Å². The summed E-state index contributed by atoms with van der Waals surface area (Å²) in [6, 6.07) is 23.2. The van der Waals surface area contributed by atoms with E-state index in [1.807, 2.05) is 54.6 Å². The van der Waals surface area contributed by atoms with Crippen LogP contribution in [0, 0.1) is 0 Å². The van der Waals surface area contributed by atoms with E-state index in [1.165, 1.54) is 0 Å². The van der Waals surface area contributed by atoms with E-state index in [-0.39, 0.29) is 25.6 Å². The van der Waals surface area contributed by atoms with Crippen LogP contribution >= 0.6 is 0 Å². The molecule has 1 aliphatic rings. The molecule has 0 aromatic heterocycles. The van der Waals surface area contributed by atoms with E-state index in [0.29, 0.717) is 29.8 Å². The maximum Gasteiger partial charge on any atom is 0.420 e. The highest BCUT2D eigenvalue weighted by Crippen LogP contribution is 2.44. The summed E-state index contributed by atoms with van der Waals surface area (Å²) in [6.07, 6.45) is -1.10. The van der Waals surface area contributed by atoms with E-state index in [1.54, 1.807) is 24.3 Å². The Labute approximate surface area is 215 Å². The predicted molar refractivity (Wildman–Crippen MR) is 138 cm³/mol. The fourth-order valence-electron chi connectivity index (χ4n) is 4.63. The number of amides is 2. The van der Waals surface area contributed by atoms with E-state index in [0.717, 1.165) is 22.3 Å². The standard InChI is InChI=1S/C29H30N2O6/c30-17-9-8-16-26(27(32)33)31(28(34)36-18-20-10-2-1-3-11-20)29(35)37-19-25-23-14-6-4-12-21(23)22-13-5-7-15-24(22)25/h1-7,10-15,25-26H,8-9,16-19,30H2,(H,32,33). The molecule has 2 amide bonds. The normalized spacial score (nSPS) is 12.8. The van der Waals surface area contributed by atoms with Gasteiger partial charge in [-0.25, -0.2) is 14.4 Å². The molecule has 8 heteroatoms. The Kier molecular flexibility index (Phi) is 8.53. The number of hydrogen-bond donors (Lipinski definition) is 2. The Hall–Kier alpha value is -4.17. The molecule has 1 atom stereocenters. The van der Waals surface area contributed by atoms with Crippen LogP contribution in [-0.2, 0) is 20.9 Å². The van der Waals surface area contributed by atoms with Gasteiger partial charge in [-0.05, 0) is 53.6 Å². The van der Waals surface area contributed by atoms with Crippen molar-refractivity contribution in [3.05, 3.63) is 95.6 Å². The van der Waals surface area contributed by atoms with E-state index >= 15 is 0 Å². The zero-order valence-corrected chi connectivity index (χ0v) is 20.4. The smallest absolute Gasteiger partial charge is 0.420 e. The highest BCUT2D eigenvalue weighted by molar-refractivity contribution is 5.93. The number of ether oxygens (including phenoxy) is 2. The number of hydrogen-bond acceptors (Lipinski definition) is 6. The molecule has 192 valence electrons. The molecule has 0 saturated carbocycles. The summed E-state index contributed by atoms with van der Waals surface area (Å²) in [7, 11) is 0. The Balaban J connectivity index is 1.53. The van der Waals surface area contributed by atoms with Gasteiger partial charge in [-0.15, -0.1) is 0 Å². The summed E-state index contributed by atoms with van der Waals surface area (Å²) >= 11 is 0. The molecular formula is C29H30N2O6. The SMILES string of the molecule is NCCCCC(C(=O)O)N(C(=O)OCc1ccccc1)C(=O)OCC1c2ccccc2-c2ccccc21. The van der Waals surface area contributed by atoms with Crippen molar-refractivity contribution < 1.29 is 29.0 Å². The second kappa shape index (κ2) is 12.2. The number of aliphatic carboxylic acids is 1. The summed E-state index contributed by atoms with van der Waals surface area (Å²) in [5, 5.41) is 9.88. The average molecular weight is 503 g/mol. The summed E-state index contributed by atoms with van der Waals surface area (Å²) in [5.74, 6) is -1.55. The fraction of sp³-hybridized carbons (Fsp3) is 0.276. The number of carbonyl (C=O) groups excluding carboxylic acids is 2. The minimum atomic E-state index is -1.44. The quantitative estimate of drug-likeness (QED) is 0.368. The van der Waals surface area contributed by atoms with Crippen LogP contribution in [0.2, 0.25) is 0 Å². The number of fused-ring (bicyclic) bond motifs is 3. The van der Waals surface area contributed by atoms with Gasteiger partial charge in [-0.1, -0.05) is 78.9 Å². The Morgan fingerprint density at radius 1 is 0.811 bits per heavy atom. The number of nitrogens with zero attached hydrogens (tertiary/aromatic N) is 1. The van der Waals surface area contributed by atoms with Crippen molar-refractivity contribution in [2.45, 2.75) is 37.8 Å². The lowest BCUT2D eigenvalue weighted by molar-refractivity contribution is -0.142. The van der Waals surface area contributed by atoms with Gasteiger partial charge in [-0.2, -0.15) is 4.90 Å². The predicted octanol–water partition coefficient (Wildman–Crippen LogP) is 5.16. The lowest BCUT2D eigenvalue weighted by atomic mass is 9.98. The minimum Gasteiger partial charge on any atom is -0.480 e. The van der Waals surface area contributed by atoms with E-state index in [4.69, 9.17) is 15.2 Å². The van der Waals surface area contributed by atoms with Gasteiger partial charge in [0.2, 0.25) is 0 Å². The van der Waals surface area contributed by atoms with Crippen LogP contribution < -0.4 is 5.73 Å². The van der Waals surface area contributed by atoms with Crippen LogP contribution in [-0.4, -0.2) is 47.4 Å². The molecule has 0 fully saturated rings. The highest BCUT2D eigenvalue weighted by Gasteiger charge is 2.38. The first-order chi connectivity index (χ1) is 18.0. The van der Waals surface area contributed by atoms with Gasteiger partial charge in [0.1, 0.15) is 19.3 Å². The molecule has 3 aromatic carbocycles. The van der Waals surface area contributed by atoms with E-state index in [9.17, 15) is 19.5 Å². The van der Waals surface area contributed by atoms with Gasteiger partial charge < -0.3 is 20.3 Å². The monoisotopic (exact) mass is 502 g/mol. The minimum absolute atomic E-state index is 0.0389. The Bertz CT molecular complexity index is 1200. The number of carboxylic acids is 1. The van der Waals surface area contributed by atoms with Gasteiger partial charge in [0.25, 0.3) is 0 Å². The number of rotatable bonds is 10. The van der Waals surface area contributed by atoms with Crippen molar-refractivity contribution in [1.29, 1.82) is 0 Å².